The Morgan fingerprint density at radius 2 is 1.57 bits per heavy atom. The van der Waals surface area contributed by atoms with Gasteiger partial charge in [-0.1, -0.05) is 36.4 Å². The number of benzene rings is 2. The Balaban J connectivity index is 2.01. The van der Waals surface area contributed by atoms with Crippen molar-refractivity contribution in [2.45, 2.75) is 20.8 Å². The SMILES string of the molecule is CC(=O)N(CCNC(=O)c1ccccc1C)c1ccccc1C. The Labute approximate surface area is 137 Å². The van der Waals surface area contributed by atoms with Crippen LogP contribution in [-0.2, 0) is 4.79 Å². The minimum atomic E-state index is -0.114. The molecule has 120 valence electrons. The second-order valence-electron chi connectivity index (χ2n) is 5.53. The second-order valence-corrected chi connectivity index (χ2v) is 5.53. The van der Waals surface area contributed by atoms with Gasteiger partial charge in [0.05, 0.1) is 0 Å². The van der Waals surface area contributed by atoms with Gasteiger partial charge in [0.2, 0.25) is 5.91 Å². The normalized spacial score (nSPS) is 10.2. The van der Waals surface area contributed by atoms with Crippen molar-refractivity contribution in [3.63, 3.8) is 0 Å². The summed E-state index contributed by atoms with van der Waals surface area (Å²) in [4.78, 5) is 25.8. The van der Waals surface area contributed by atoms with Crippen molar-refractivity contribution in [2.75, 3.05) is 18.0 Å². The number of aryl methyl sites for hydroxylation is 2. The molecule has 0 aliphatic heterocycles. The van der Waals surface area contributed by atoms with Crippen molar-refractivity contribution >= 4 is 17.5 Å². The molecular formula is C19H22N2O2. The molecule has 2 aromatic rings. The van der Waals surface area contributed by atoms with E-state index < -0.39 is 0 Å². The topological polar surface area (TPSA) is 49.4 Å². The molecule has 0 fully saturated rings. The summed E-state index contributed by atoms with van der Waals surface area (Å²) < 4.78 is 0. The third kappa shape index (κ3) is 4.19. The first-order valence-corrected chi connectivity index (χ1v) is 7.68. The Hall–Kier alpha value is -2.62. The summed E-state index contributed by atoms with van der Waals surface area (Å²) >= 11 is 0. The summed E-state index contributed by atoms with van der Waals surface area (Å²) in [7, 11) is 0. The van der Waals surface area contributed by atoms with Gasteiger partial charge in [-0.2, -0.15) is 0 Å². The van der Waals surface area contributed by atoms with E-state index in [0.29, 0.717) is 18.7 Å². The number of para-hydroxylation sites is 1. The summed E-state index contributed by atoms with van der Waals surface area (Å²) in [6.07, 6.45) is 0. The minimum absolute atomic E-state index is 0.0376. The molecule has 1 N–H and O–H groups in total. The minimum Gasteiger partial charge on any atom is -0.350 e. The molecule has 23 heavy (non-hydrogen) atoms. The molecule has 0 bridgehead atoms. The zero-order chi connectivity index (χ0) is 16.8. The third-order valence-electron chi connectivity index (χ3n) is 3.80. The van der Waals surface area contributed by atoms with Crippen LogP contribution in [0.5, 0.6) is 0 Å². The molecule has 0 aliphatic rings. The van der Waals surface area contributed by atoms with Gasteiger partial charge in [-0.05, 0) is 37.1 Å². The molecule has 0 unspecified atom stereocenters. The lowest BCUT2D eigenvalue weighted by Crippen LogP contribution is -2.38. The predicted octanol–water partition coefficient (Wildman–Crippen LogP) is 3.09. The Kier molecular flexibility index (Phi) is 5.52. The van der Waals surface area contributed by atoms with Crippen LogP contribution in [0.25, 0.3) is 0 Å². The molecule has 2 aromatic carbocycles. The van der Waals surface area contributed by atoms with Crippen molar-refractivity contribution in [1.82, 2.24) is 5.32 Å². The fraction of sp³-hybridized carbons (Fsp3) is 0.263. The van der Waals surface area contributed by atoms with Crippen molar-refractivity contribution in [2.24, 2.45) is 0 Å². The van der Waals surface area contributed by atoms with Crippen molar-refractivity contribution < 1.29 is 9.59 Å². The molecule has 2 amide bonds. The van der Waals surface area contributed by atoms with Crippen LogP contribution in [0.2, 0.25) is 0 Å². The first-order valence-electron chi connectivity index (χ1n) is 7.68. The molecule has 2 rings (SSSR count). The molecule has 0 aromatic heterocycles. The van der Waals surface area contributed by atoms with Crippen LogP contribution in [0.4, 0.5) is 5.69 Å². The van der Waals surface area contributed by atoms with Gasteiger partial charge < -0.3 is 10.2 Å². The van der Waals surface area contributed by atoms with Crippen molar-refractivity contribution in [3.8, 4) is 0 Å². The van der Waals surface area contributed by atoms with Gasteiger partial charge in [0.25, 0.3) is 5.91 Å². The van der Waals surface area contributed by atoms with E-state index >= 15 is 0 Å². The average molecular weight is 310 g/mol. The van der Waals surface area contributed by atoms with E-state index in [0.717, 1.165) is 16.8 Å². The quantitative estimate of drug-likeness (QED) is 0.922. The molecule has 0 aliphatic carbocycles. The van der Waals surface area contributed by atoms with Gasteiger partial charge in [0.15, 0.2) is 0 Å². The van der Waals surface area contributed by atoms with Gasteiger partial charge >= 0.3 is 0 Å². The number of carbonyl (C=O) groups is 2. The molecule has 0 heterocycles. The molecule has 0 saturated carbocycles. The fourth-order valence-electron chi connectivity index (χ4n) is 2.52. The van der Waals surface area contributed by atoms with E-state index in [1.54, 1.807) is 11.0 Å². The summed E-state index contributed by atoms with van der Waals surface area (Å²) in [6, 6.07) is 15.2. The second kappa shape index (κ2) is 7.58. The lowest BCUT2D eigenvalue weighted by atomic mass is 10.1. The van der Waals surface area contributed by atoms with Crippen LogP contribution in [0.1, 0.15) is 28.4 Å². The third-order valence-corrected chi connectivity index (χ3v) is 3.80. The number of hydrogen-bond donors (Lipinski definition) is 1. The maximum Gasteiger partial charge on any atom is 0.251 e. The largest absolute Gasteiger partial charge is 0.350 e. The average Bonchev–Trinajstić information content (AvgIpc) is 2.52. The van der Waals surface area contributed by atoms with Gasteiger partial charge in [-0.25, -0.2) is 0 Å². The van der Waals surface area contributed by atoms with Gasteiger partial charge in [-0.3, -0.25) is 9.59 Å². The number of amides is 2. The van der Waals surface area contributed by atoms with Crippen LogP contribution in [-0.4, -0.2) is 24.9 Å². The number of anilines is 1. The maximum atomic E-state index is 12.2. The highest BCUT2D eigenvalue weighted by Crippen LogP contribution is 2.19. The zero-order valence-electron chi connectivity index (χ0n) is 13.8. The highest BCUT2D eigenvalue weighted by atomic mass is 16.2. The fourth-order valence-corrected chi connectivity index (χ4v) is 2.52. The van der Waals surface area contributed by atoms with E-state index in [4.69, 9.17) is 0 Å². The summed E-state index contributed by atoms with van der Waals surface area (Å²) in [5, 5.41) is 2.88. The van der Waals surface area contributed by atoms with Crippen molar-refractivity contribution in [3.05, 3.63) is 65.2 Å². The first kappa shape index (κ1) is 16.7. The number of hydrogen-bond acceptors (Lipinski definition) is 2. The van der Waals surface area contributed by atoms with Crippen LogP contribution in [0.15, 0.2) is 48.5 Å². The van der Waals surface area contributed by atoms with E-state index in [1.165, 1.54) is 6.92 Å². The van der Waals surface area contributed by atoms with Gasteiger partial charge in [0, 0.05) is 31.3 Å². The van der Waals surface area contributed by atoms with E-state index in [-0.39, 0.29) is 11.8 Å². The smallest absolute Gasteiger partial charge is 0.251 e. The summed E-state index contributed by atoms with van der Waals surface area (Å²) in [5.74, 6) is -0.152. The summed E-state index contributed by atoms with van der Waals surface area (Å²) in [6.45, 7) is 6.26. The standard InChI is InChI=1S/C19H22N2O2/c1-14-8-4-6-10-17(14)19(23)20-12-13-21(16(3)22)18-11-7-5-9-15(18)2/h4-11H,12-13H2,1-3H3,(H,20,23). The van der Waals surface area contributed by atoms with Crippen LogP contribution in [0, 0.1) is 13.8 Å². The van der Waals surface area contributed by atoms with Crippen LogP contribution >= 0.6 is 0 Å². The number of rotatable bonds is 5. The Bertz CT molecular complexity index is 710. The highest BCUT2D eigenvalue weighted by Gasteiger charge is 2.14. The van der Waals surface area contributed by atoms with Gasteiger partial charge in [-0.15, -0.1) is 0 Å². The molecule has 0 atom stereocenters. The molecule has 0 radical (unpaired) electrons. The number of nitrogens with one attached hydrogen (secondary N) is 1. The molecule has 4 nitrogen and oxygen atoms in total. The summed E-state index contributed by atoms with van der Waals surface area (Å²) in [5.41, 5.74) is 3.52. The van der Waals surface area contributed by atoms with E-state index in [1.807, 2.05) is 56.3 Å². The van der Waals surface area contributed by atoms with E-state index in [2.05, 4.69) is 5.32 Å². The van der Waals surface area contributed by atoms with E-state index in [9.17, 15) is 9.59 Å². The lowest BCUT2D eigenvalue weighted by Gasteiger charge is -2.23. The Morgan fingerprint density at radius 3 is 2.17 bits per heavy atom. The first-order chi connectivity index (χ1) is 11.0. The molecule has 0 spiro atoms. The molecule has 0 saturated heterocycles. The predicted molar refractivity (Wildman–Crippen MR) is 92.7 cm³/mol. The number of nitrogens with zero attached hydrogens (tertiary/aromatic N) is 1. The van der Waals surface area contributed by atoms with Crippen molar-refractivity contribution in [1.29, 1.82) is 0 Å². The van der Waals surface area contributed by atoms with Crippen LogP contribution in [0.3, 0.4) is 0 Å². The molecule has 4 heteroatoms. The Morgan fingerprint density at radius 1 is 0.957 bits per heavy atom. The van der Waals surface area contributed by atoms with Crippen LogP contribution < -0.4 is 10.2 Å². The zero-order valence-corrected chi connectivity index (χ0v) is 13.8. The number of carbonyl (C=O) groups excluding carboxylic acids is 2. The van der Waals surface area contributed by atoms with Gasteiger partial charge in [0.1, 0.15) is 0 Å². The monoisotopic (exact) mass is 310 g/mol. The lowest BCUT2D eigenvalue weighted by molar-refractivity contribution is -0.116. The maximum absolute atomic E-state index is 12.2. The highest BCUT2D eigenvalue weighted by molar-refractivity contribution is 5.96. The molecular weight excluding hydrogens is 288 g/mol.